The van der Waals surface area contributed by atoms with E-state index in [0.717, 1.165) is 0 Å². The van der Waals surface area contributed by atoms with Crippen molar-refractivity contribution in [3.8, 4) is 0 Å². The van der Waals surface area contributed by atoms with E-state index < -0.39 is 0 Å². The van der Waals surface area contributed by atoms with Gasteiger partial charge in [0.25, 0.3) is 0 Å². The number of anilines is 1. The molecule has 1 rings (SSSR count). The fourth-order valence-corrected chi connectivity index (χ4v) is 1.17. The Bertz CT molecular complexity index is 293. The van der Waals surface area contributed by atoms with Crippen LogP contribution in [0.3, 0.4) is 0 Å². The van der Waals surface area contributed by atoms with Gasteiger partial charge in [0, 0.05) is 6.07 Å². The Balaban J connectivity index is 2.67. The van der Waals surface area contributed by atoms with Crippen LogP contribution in [0.15, 0.2) is 12.4 Å². The van der Waals surface area contributed by atoms with E-state index in [1.54, 1.807) is 6.07 Å². The van der Waals surface area contributed by atoms with Crippen LogP contribution in [0, 0.1) is 5.92 Å². The average molecular weight is 216 g/mol. The number of aliphatic hydroxyl groups excluding tert-OH is 1. The molecule has 0 saturated carbocycles. The van der Waals surface area contributed by atoms with Crippen LogP contribution >= 0.6 is 11.6 Å². The van der Waals surface area contributed by atoms with Gasteiger partial charge in [-0.3, -0.25) is 0 Å². The van der Waals surface area contributed by atoms with E-state index in [0.29, 0.717) is 16.9 Å². The monoisotopic (exact) mass is 215 g/mol. The lowest BCUT2D eigenvalue weighted by Crippen LogP contribution is -2.29. The van der Waals surface area contributed by atoms with Crippen LogP contribution in [0.4, 0.5) is 5.82 Å². The van der Waals surface area contributed by atoms with Gasteiger partial charge in [-0.25, -0.2) is 9.97 Å². The lowest BCUT2D eigenvalue weighted by Gasteiger charge is -2.20. The highest BCUT2D eigenvalue weighted by molar-refractivity contribution is 6.29. The molecule has 0 aliphatic rings. The molecule has 1 heterocycles. The van der Waals surface area contributed by atoms with Gasteiger partial charge < -0.3 is 10.4 Å². The van der Waals surface area contributed by atoms with Crippen LogP contribution in [0.25, 0.3) is 0 Å². The summed E-state index contributed by atoms with van der Waals surface area (Å²) in [4.78, 5) is 7.76. The van der Waals surface area contributed by atoms with Gasteiger partial charge in [0.1, 0.15) is 17.3 Å². The van der Waals surface area contributed by atoms with Crippen molar-refractivity contribution in [2.75, 3.05) is 11.9 Å². The molecule has 1 aromatic rings. The number of hydrogen-bond donors (Lipinski definition) is 2. The predicted octanol–water partition coefficient (Wildman–Crippen LogP) is 1.56. The molecule has 4 nitrogen and oxygen atoms in total. The highest BCUT2D eigenvalue weighted by Gasteiger charge is 2.12. The van der Waals surface area contributed by atoms with Crippen molar-refractivity contribution in [2.24, 2.45) is 5.92 Å². The summed E-state index contributed by atoms with van der Waals surface area (Å²) in [5.41, 5.74) is 0. The first-order valence-corrected chi connectivity index (χ1v) is 4.86. The summed E-state index contributed by atoms with van der Waals surface area (Å²) >= 11 is 5.70. The van der Waals surface area contributed by atoms with E-state index in [9.17, 15) is 0 Å². The first-order valence-electron chi connectivity index (χ1n) is 4.48. The second-order valence-electron chi connectivity index (χ2n) is 3.40. The third-order valence-electron chi connectivity index (χ3n) is 1.97. The summed E-state index contributed by atoms with van der Waals surface area (Å²) in [5, 5.41) is 12.6. The molecule has 0 aliphatic heterocycles. The summed E-state index contributed by atoms with van der Waals surface area (Å²) in [6.45, 7) is 4.12. The molecule has 0 aliphatic carbocycles. The van der Waals surface area contributed by atoms with E-state index >= 15 is 0 Å². The maximum Gasteiger partial charge on any atom is 0.134 e. The Morgan fingerprint density at radius 3 is 2.71 bits per heavy atom. The summed E-state index contributed by atoms with van der Waals surface area (Å²) in [6, 6.07) is 1.62. The molecule has 0 spiro atoms. The van der Waals surface area contributed by atoms with Crippen LogP contribution in [0.5, 0.6) is 0 Å². The Kier molecular flexibility index (Phi) is 4.10. The molecule has 0 aromatic carbocycles. The first-order chi connectivity index (χ1) is 6.63. The Labute approximate surface area is 88.3 Å². The number of nitrogens with zero attached hydrogens (tertiary/aromatic N) is 2. The van der Waals surface area contributed by atoms with Gasteiger partial charge in [0.15, 0.2) is 0 Å². The van der Waals surface area contributed by atoms with Crippen molar-refractivity contribution in [3.63, 3.8) is 0 Å². The molecular weight excluding hydrogens is 202 g/mol. The Hall–Kier alpha value is -0.870. The minimum absolute atomic E-state index is 0.0130. The van der Waals surface area contributed by atoms with Crippen LogP contribution in [-0.2, 0) is 0 Å². The van der Waals surface area contributed by atoms with Crippen molar-refractivity contribution in [3.05, 3.63) is 17.5 Å². The van der Waals surface area contributed by atoms with E-state index in [4.69, 9.17) is 16.7 Å². The van der Waals surface area contributed by atoms with Gasteiger partial charge in [0.05, 0.1) is 12.6 Å². The molecule has 0 amide bonds. The van der Waals surface area contributed by atoms with Gasteiger partial charge in [-0.05, 0) is 5.92 Å². The predicted molar refractivity (Wildman–Crippen MR) is 56.4 cm³/mol. The van der Waals surface area contributed by atoms with Crippen LogP contribution in [0.1, 0.15) is 13.8 Å². The number of halogens is 1. The topological polar surface area (TPSA) is 58.0 Å². The standard InChI is InChI=1S/C9H14ClN3O/c1-6(2)7(4-14)13-9-3-8(10)11-5-12-9/h3,5-7,14H,4H2,1-2H3,(H,11,12,13). The minimum atomic E-state index is -0.0130. The smallest absolute Gasteiger partial charge is 0.134 e. The zero-order valence-electron chi connectivity index (χ0n) is 8.24. The molecule has 1 unspecified atom stereocenters. The lowest BCUT2D eigenvalue weighted by atomic mass is 10.1. The molecular formula is C9H14ClN3O. The molecule has 1 aromatic heterocycles. The maximum atomic E-state index is 9.09. The van der Waals surface area contributed by atoms with Crippen LogP contribution in [0.2, 0.25) is 5.15 Å². The molecule has 0 radical (unpaired) electrons. The second-order valence-corrected chi connectivity index (χ2v) is 3.79. The molecule has 78 valence electrons. The number of aliphatic hydroxyl groups is 1. The third-order valence-corrected chi connectivity index (χ3v) is 2.18. The maximum absolute atomic E-state index is 9.09. The SMILES string of the molecule is CC(C)C(CO)Nc1cc(Cl)ncn1. The van der Waals surface area contributed by atoms with Crippen molar-refractivity contribution in [2.45, 2.75) is 19.9 Å². The number of hydrogen-bond acceptors (Lipinski definition) is 4. The molecule has 2 N–H and O–H groups in total. The molecule has 0 bridgehead atoms. The minimum Gasteiger partial charge on any atom is -0.394 e. The molecule has 14 heavy (non-hydrogen) atoms. The summed E-state index contributed by atoms with van der Waals surface area (Å²) in [6.07, 6.45) is 1.39. The molecule has 0 fully saturated rings. The number of aromatic nitrogens is 2. The van der Waals surface area contributed by atoms with Crippen molar-refractivity contribution >= 4 is 17.4 Å². The highest BCUT2D eigenvalue weighted by Crippen LogP contribution is 2.12. The fourth-order valence-electron chi connectivity index (χ4n) is 1.03. The van der Waals surface area contributed by atoms with E-state index in [-0.39, 0.29) is 12.6 Å². The van der Waals surface area contributed by atoms with E-state index in [1.807, 2.05) is 13.8 Å². The summed E-state index contributed by atoms with van der Waals surface area (Å²) in [5.74, 6) is 0.964. The zero-order valence-corrected chi connectivity index (χ0v) is 8.99. The van der Waals surface area contributed by atoms with Crippen molar-refractivity contribution in [1.29, 1.82) is 0 Å². The zero-order chi connectivity index (χ0) is 10.6. The van der Waals surface area contributed by atoms with Gasteiger partial charge in [0.2, 0.25) is 0 Å². The summed E-state index contributed by atoms with van der Waals surface area (Å²) in [7, 11) is 0. The Morgan fingerprint density at radius 1 is 1.50 bits per heavy atom. The molecule has 1 atom stereocenters. The van der Waals surface area contributed by atoms with Crippen molar-refractivity contribution < 1.29 is 5.11 Å². The number of rotatable bonds is 4. The normalized spacial score (nSPS) is 12.9. The lowest BCUT2D eigenvalue weighted by molar-refractivity contribution is 0.249. The van der Waals surface area contributed by atoms with Gasteiger partial charge >= 0.3 is 0 Å². The molecule has 5 heteroatoms. The second kappa shape index (κ2) is 5.12. The summed E-state index contributed by atoms with van der Waals surface area (Å²) < 4.78 is 0. The fraction of sp³-hybridized carbons (Fsp3) is 0.556. The largest absolute Gasteiger partial charge is 0.394 e. The molecule has 0 saturated heterocycles. The Morgan fingerprint density at radius 2 is 2.21 bits per heavy atom. The quantitative estimate of drug-likeness (QED) is 0.749. The van der Waals surface area contributed by atoms with Crippen molar-refractivity contribution in [1.82, 2.24) is 9.97 Å². The first kappa shape index (κ1) is 11.2. The van der Waals surface area contributed by atoms with Gasteiger partial charge in [-0.1, -0.05) is 25.4 Å². The highest BCUT2D eigenvalue weighted by atomic mass is 35.5. The van der Waals surface area contributed by atoms with Gasteiger partial charge in [-0.15, -0.1) is 0 Å². The average Bonchev–Trinajstić information content (AvgIpc) is 2.14. The number of nitrogens with one attached hydrogen (secondary N) is 1. The van der Waals surface area contributed by atoms with Gasteiger partial charge in [-0.2, -0.15) is 0 Å². The van der Waals surface area contributed by atoms with E-state index in [1.165, 1.54) is 6.33 Å². The van der Waals surface area contributed by atoms with E-state index in [2.05, 4.69) is 15.3 Å². The van der Waals surface area contributed by atoms with Crippen LogP contribution < -0.4 is 5.32 Å². The van der Waals surface area contributed by atoms with Crippen LogP contribution in [-0.4, -0.2) is 27.7 Å². The third kappa shape index (κ3) is 3.12.